The van der Waals surface area contributed by atoms with Gasteiger partial charge in [0.2, 0.25) is 0 Å². The van der Waals surface area contributed by atoms with E-state index in [1.54, 1.807) is 4.90 Å². The zero-order chi connectivity index (χ0) is 12.7. The van der Waals surface area contributed by atoms with E-state index in [-0.39, 0.29) is 12.6 Å². The first-order valence-electron chi connectivity index (χ1n) is 6.03. The van der Waals surface area contributed by atoms with Crippen LogP contribution in [0.4, 0.5) is 5.69 Å². The maximum absolute atomic E-state index is 11.4. The number of rotatable bonds is 2. The summed E-state index contributed by atoms with van der Waals surface area (Å²) in [6.45, 7) is 0.648. The molecule has 3 rings (SSSR count). The third kappa shape index (κ3) is 1.67. The van der Waals surface area contributed by atoms with E-state index in [2.05, 4.69) is 0 Å². The Balaban J connectivity index is 2.00. The largest absolute Gasteiger partial charge is 0.480 e. The highest BCUT2D eigenvalue weighted by Crippen LogP contribution is 2.35. The first-order chi connectivity index (χ1) is 8.68. The highest BCUT2D eigenvalue weighted by molar-refractivity contribution is 5.82. The average Bonchev–Trinajstić information content (AvgIpc) is 2.92. The van der Waals surface area contributed by atoms with Crippen molar-refractivity contribution in [1.82, 2.24) is 0 Å². The smallest absolute Gasteiger partial charge is 0.326 e. The van der Waals surface area contributed by atoms with Crippen LogP contribution in [0.25, 0.3) is 0 Å². The van der Waals surface area contributed by atoms with Crippen LogP contribution in [0.15, 0.2) is 24.3 Å². The zero-order valence-electron chi connectivity index (χ0n) is 9.82. The molecule has 3 unspecified atom stereocenters. The molecule has 0 spiro atoms. The highest BCUT2D eigenvalue weighted by Gasteiger charge is 2.43. The second kappa shape index (κ2) is 4.26. The van der Waals surface area contributed by atoms with Gasteiger partial charge < -0.3 is 19.8 Å². The van der Waals surface area contributed by atoms with Crippen molar-refractivity contribution < 1.29 is 19.7 Å². The van der Waals surface area contributed by atoms with E-state index in [1.807, 2.05) is 24.3 Å². The third-order valence-corrected chi connectivity index (χ3v) is 3.68. The Labute approximate surface area is 105 Å². The number of carboxylic acids is 1. The predicted molar refractivity (Wildman–Crippen MR) is 64.7 cm³/mol. The van der Waals surface area contributed by atoms with Gasteiger partial charge in [-0.2, -0.15) is 0 Å². The van der Waals surface area contributed by atoms with Gasteiger partial charge in [0.05, 0.1) is 25.4 Å². The first-order valence-corrected chi connectivity index (χ1v) is 6.03. The fourth-order valence-corrected chi connectivity index (χ4v) is 2.82. The highest BCUT2D eigenvalue weighted by atomic mass is 16.5. The SMILES string of the molecule is O=C(O)C1Cc2ccccc2N1C1COCC1O. The van der Waals surface area contributed by atoms with Crippen LogP contribution in [0.2, 0.25) is 0 Å². The van der Waals surface area contributed by atoms with Crippen molar-refractivity contribution in [2.75, 3.05) is 18.1 Å². The topological polar surface area (TPSA) is 70.0 Å². The number of aliphatic hydroxyl groups excluding tert-OH is 1. The molecule has 1 aromatic carbocycles. The summed E-state index contributed by atoms with van der Waals surface area (Å²) in [4.78, 5) is 13.2. The van der Waals surface area contributed by atoms with Gasteiger partial charge in [0.25, 0.3) is 0 Å². The Hall–Kier alpha value is -1.59. The number of ether oxygens (including phenoxy) is 1. The molecule has 5 nitrogen and oxygen atoms in total. The van der Waals surface area contributed by atoms with Crippen LogP contribution in [0, 0.1) is 0 Å². The standard InChI is InChI=1S/C13H15NO4/c15-12-7-18-6-11(12)14-9-4-2-1-3-8(9)5-10(14)13(16)17/h1-4,10-12,15H,5-7H2,(H,16,17). The summed E-state index contributed by atoms with van der Waals surface area (Å²) in [6.07, 6.45) is -0.146. The Bertz CT molecular complexity index is 476. The van der Waals surface area contributed by atoms with Crippen LogP contribution in [-0.4, -0.2) is 47.6 Å². The Morgan fingerprint density at radius 2 is 2.11 bits per heavy atom. The molecule has 0 amide bonds. The Kier molecular flexibility index (Phi) is 2.72. The minimum absolute atomic E-state index is 0.269. The third-order valence-electron chi connectivity index (χ3n) is 3.68. The normalized spacial score (nSPS) is 30.5. The zero-order valence-corrected chi connectivity index (χ0v) is 9.82. The van der Waals surface area contributed by atoms with Gasteiger partial charge in [0.1, 0.15) is 6.04 Å². The van der Waals surface area contributed by atoms with Gasteiger partial charge in [-0.1, -0.05) is 18.2 Å². The van der Waals surface area contributed by atoms with E-state index in [0.29, 0.717) is 13.0 Å². The number of carbonyl (C=O) groups is 1. The molecule has 0 radical (unpaired) electrons. The lowest BCUT2D eigenvalue weighted by molar-refractivity contribution is -0.138. The number of aliphatic carboxylic acids is 1. The molecule has 1 saturated heterocycles. The molecule has 1 aromatic rings. The quantitative estimate of drug-likeness (QED) is 0.787. The summed E-state index contributed by atoms with van der Waals surface area (Å²) in [5.74, 6) is -0.856. The molecule has 1 fully saturated rings. The van der Waals surface area contributed by atoms with Crippen LogP contribution in [0.3, 0.4) is 0 Å². The number of hydrogen-bond donors (Lipinski definition) is 2. The van der Waals surface area contributed by atoms with Gasteiger partial charge in [-0.3, -0.25) is 0 Å². The lowest BCUT2D eigenvalue weighted by Gasteiger charge is -2.32. The van der Waals surface area contributed by atoms with Crippen LogP contribution in [0.1, 0.15) is 5.56 Å². The fourth-order valence-electron chi connectivity index (χ4n) is 2.82. The van der Waals surface area contributed by atoms with Crippen LogP contribution >= 0.6 is 0 Å². The number of benzene rings is 1. The minimum Gasteiger partial charge on any atom is -0.480 e. The van der Waals surface area contributed by atoms with Crippen molar-refractivity contribution in [2.45, 2.75) is 24.6 Å². The molecule has 5 heteroatoms. The van der Waals surface area contributed by atoms with Gasteiger partial charge in [0.15, 0.2) is 0 Å². The Morgan fingerprint density at radius 3 is 2.78 bits per heavy atom. The number of carboxylic acid groups (broad SMARTS) is 1. The number of aliphatic hydroxyl groups is 1. The first kappa shape index (κ1) is 11.5. The molecule has 2 aliphatic rings. The van der Waals surface area contributed by atoms with E-state index in [9.17, 15) is 15.0 Å². The molecule has 2 heterocycles. The van der Waals surface area contributed by atoms with Crippen molar-refractivity contribution in [2.24, 2.45) is 0 Å². The second-order valence-electron chi connectivity index (χ2n) is 4.77. The molecule has 18 heavy (non-hydrogen) atoms. The summed E-state index contributed by atoms with van der Waals surface area (Å²) in [5, 5.41) is 19.3. The van der Waals surface area contributed by atoms with E-state index >= 15 is 0 Å². The molecular formula is C13H15NO4. The lowest BCUT2D eigenvalue weighted by atomic mass is 10.1. The van der Waals surface area contributed by atoms with Crippen molar-refractivity contribution in [1.29, 1.82) is 0 Å². The molecule has 3 atom stereocenters. The van der Waals surface area contributed by atoms with Gasteiger partial charge >= 0.3 is 5.97 Å². The monoisotopic (exact) mass is 249 g/mol. The molecule has 2 N–H and O–H groups in total. The predicted octanol–water partition coefficient (Wildman–Crippen LogP) is 0.262. The number of hydrogen-bond acceptors (Lipinski definition) is 4. The van der Waals surface area contributed by atoms with Crippen LogP contribution in [0.5, 0.6) is 0 Å². The van der Waals surface area contributed by atoms with Crippen LogP contribution in [-0.2, 0) is 16.0 Å². The van der Waals surface area contributed by atoms with Crippen molar-refractivity contribution in [3.63, 3.8) is 0 Å². The number of anilines is 1. The van der Waals surface area contributed by atoms with E-state index in [4.69, 9.17) is 4.74 Å². The average molecular weight is 249 g/mol. The summed E-state index contributed by atoms with van der Waals surface area (Å²) >= 11 is 0. The van der Waals surface area contributed by atoms with Gasteiger partial charge in [-0.25, -0.2) is 4.79 Å². The van der Waals surface area contributed by atoms with Crippen LogP contribution < -0.4 is 4.90 Å². The molecular weight excluding hydrogens is 234 g/mol. The summed E-state index contributed by atoms with van der Waals surface area (Å²) in [5.41, 5.74) is 1.92. The summed E-state index contributed by atoms with van der Waals surface area (Å²) in [7, 11) is 0. The molecule has 0 aliphatic carbocycles. The van der Waals surface area contributed by atoms with Gasteiger partial charge in [0, 0.05) is 12.1 Å². The molecule has 2 aliphatic heterocycles. The van der Waals surface area contributed by atoms with Gasteiger partial charge in [-0.05, 0) is 11.6 Å². The second-order valence-corrected chi connectivity index (χ2v) is 4.77. The summed E-state index contributed by atoms with van der Waals surface area (Å²) < 4.78 is 5.24. The molecule has 0 aromatic heterocycles. The van der Waals surface area contributed by atoms with Crippen molar-refractivity contribution in [3.8, 4) is 0 Å². The number of fused-ring (bicyclic) bond motifs is 1. The van der Waals surface area contributed by atoms with E-state index in [1.165, 1.54) is 0 Å². The Morgan fingerprint density at radius 1 is 1.33 bits per heavy atom. The number of nitrogens with zero attached hydrogens (tertiary/aromatic N) is 1. The van der Waals surface area contributed by atoms with Crippen molar-refractivity contribution in [3.05, 3.63) is 29.8 Å². The van der Waals surface area contributed by atoms with Gasteiger partial charge in [-0.15, -0.1) is 0 Å². The van der Waals surface area contributed by atoms with E-state index < -0.39 is 18.1 Å². The van der Waals surface area contributed by atoms with Crippen molar-refractivity contribution >= 4 is 11.7 Å². The summed E-state index contributed by atoms with van der Waals surface area (Å²) in [6, 6.07) is 6.76. The maximum Gasteiger partial charge on any atom is 0.326 e. The fraction of sp³-hybridized carbons (Fsp3) is 0.462. The molecule has 0 bridgehead atoms. The molecule has 96 valence electrons. The number of para-hydroxylation sites is 1. The lowest BCUT2D eigenvalue weighted by Crippen LogP contribution is -2.50. The molecule has 0 saturated carbocycles. The maximum atomic E-state index is 11.4. The van der Waals surface area contributed by atoms with E-state index in [0.717, 1.165) is 11.3 Å². The minimum atomic E-state index is -0.856.